The lowest BCUT2D eigenvalue weighted by Crippen LogP contribution is -2.38. The molecule has 1 N–H and O–H groups in total. The highest BCUT2D eigenvalue weighted by Gasteiger charge is 2.42. The van der Waals surface area contributed by atoms with Crippen LogP contribution >= 0.6 is 23.8 Å². The number of halogens is 1. The molecular formula is C31H32ClN5S. The molecule has 2 aromatic carbocycles. The summed E-state index contributed by atoms with van der Waals surface area (Å²) in [6.07, 6.45) is 5.20. The van der Waals surface area contributed by atoms with Gasteiger partial charge in [0, 0.05) is 42.6 Å². The highest BCUT2D eigenvalue weighted by molar-refractivity contribution is 7.80. The van der Waals surface area contributed by atoms with Gasteiger partial charge in [0.25, 0.3) is 0 Å². The third-order valence-electron chi connectivity index (χ3n) is 7.63. The van der Waals surface area contributed by atoms with Gasteiger partial charge in [-0.2, -0.15) is 0 Å². The van der Waals surface area contributed by atoms with E-state index in [-0.39, 0.29) is 12.1 Å². The molecule has 2 aliphatic heterocycles. The third kappa shape index (κ3) is 4.67. The van der Waals surface area contributed by atoms with Crippen molar-refractivity contribution in [3.63, 3.8) is 0 Å². The fraction of sp³-hybridized carbons (Fsp3) is 0.290. The minimum atomic E-state index is -0.122. The molecule has 194 valence electrons. The van der Waals surface area contributed by atoms with E-state index in [0.29, 0.717) is 16.9 Å². The molecule has 0 amide bonds. The average Bonchev–Trinajstić information content (AvgIpc) is 3.53. The predicted molar refractivity (Wildman–Crippen MR) is 160 cm³/mol. The van der Waals surface area contributed by atoms with E-state index in [2.05, 4.69) is 100 Å². The number of para-hydroxylation sites is 1. The second-order valence-electron chi connectivity index (χ2n) is 10.6. The lowest BCUT2D eigenvalue weighted by atomic mass is 9.91. The number of aromatic nitrogens is 2. The maximum Gasteiger partial charge on any atom is 0.174 e. The number of thiocarbonyl (C=S) groups is 1. The van der Waals surface area contributed by atoms with Crippen LogP contribution in [0.25, 0.3) is 5.69 Å². The van der Waals surface area contributed by atoms with Crippen LogP contribution in [-0.2, 0) is 0 Å². The van der Waals surface area contributed by atoms with E-state index in [1.54, 1.807) is 0 Å². The minimum Gasteiger partial charge on any atom is -0.370 e. The lowest BCUT2D eigenvalue weighted by molar-refractivity contribution is 0.357. The summed E-state index contributed by atoms with van der Waals surface area (Å²) in [7, 11) is 0. The number of benzene rings is 2. The summed E-state index contributed by atoms with van der Waals surface area (Å²) in [5.41, 5.74) is 5.24. The molecule has 0 spiro atoms. The minimum absolute atomic E-state index is 0.121. The quantitative estimate of drug-likeness (QED) is 0.271. The van der Waals surface area contributed by atoms with Crippen LogP contribution in [0.3, 0.4) is 0 Å². The zero-order chi connectivity index (χ0) is 26.2. The first kappa shape index (κ1) is 25.0. The van der Waals surface area contributed by atoms with E-state index in [0.717, 1.165) is 46.6 Å². The van der Waals surface area contributed by atoms with Crippen molar-refractivity contribution in [2.24, 2.45) is 11.8 Å². The summed E-state index contributed by atoms with van der Waals surface area (Å²) in [6.45, 7) is 6.71. The number of hydrogen-bond donors (Lipinski definition) is 1. The van der Waals surface area contributed by atoms with Crippen LogP contribution in [-0.4, -0.2) is 27.8 Å². The van der Waals surface area contributed by atoms with Crippen molar-refractivity contribution >= 4 is 40.3 Å². The van der Waals surface area contributed by atoms with E-state index in [9.17, 15) is 0 Å². The SMILES string of the molecule is C[C@@H]1C[C@H](C)CN(c2ccc(N3C(=S)N[C@@H](c4ccccn4)[C@H]3c3cccn3-c3ccccc3)cc2Cl)C1. The molecule has 2 aliphatic rings. The van der Waals surface area contributed by atoms with E-state index < -0.39 is 0 Å². The second kappa shape index (κ2) is 10.4. The number of pyridine rings is 1. The van der Waals surface area contributed by atoms with E-state index in [1.807, 2.05) is 24.4 Å². The summed E-state index contributed by atoms with van der Waals surface area (Å²) >= 11 is 13.0. The highest BCUT2D eigenvalue weighted by atomic mass is 35.5. The molecule has 0 bridgehead atoms. The Kier molecular flexibility index (Phi) is 6.85. The van der Waals surface area contributed by atoms with Gasteiger partial charge in [-0.15, -0.1) is 0 Å². The molecule has 5 nitrogen and oxygen atoms in total. The summed E-state index contributed by atoms with van der Waals surface area (Å²) < 4.78 is 2.23. The van der Waals surface area contributed by atoms with Gasteiger partial charge in [-0.3, -0.25) is 4.98 Å². The van der Waals surface area contributed by atoms with Crippen LogP contribution in [0, 0.1) is 11.8 Å². The predicted octanol–water partition coefficient (Wildman–Crippen LogP) is 7.19. The Morgan fingerprint density at radius 3 is 2.37 bits per heavy atom. The van der Waals surface area contributed by atoms with Crippen LogP contribution in [0.5, 0.6) is 0 Å². The van der Waals surface area contributed by atoms with Gasteiger partial charge >= 0.3 is 0 Å². The van der Waals surface area contributed by atoms with Crippen LogP contribution in [0.1, 0.15) is 43.7 Å². The molecule has 2 saturated heterocycles. The topological polar surface area (TPSA) is 36.3 Å². The van der Waals surface area contributed by atoms with Crippen LogP contribution in [0.2, 0.25) is 5.02 Å². The normalized spacial score (nSPS) is 23.5. The zero-order valence-electron chi connectivity index (χ0n) is 21.7. The standard InChI is InChI=1S/C31H32ClN5S/c1-21-17-22(2)20-35(19-21)27-14-13-24(18-25(27)32)37-30(29(34-31(37)38)26-11-6-7-15-33-26)28-12-8-16-36(28)23-9-4-3-5-10-23/h3-16,18,21-22,29-30H,17,19-20H2,1-2H3,(H,34,38)/t21-,22+,29-,30+/m0/s1. The summed E-state index contributed by atoms with van der Waals surface area (Å²) in [5.74, 6) is 1.30. The monoisotopic (exact) mass is 541 g/mol. The van der Waals surface area contributed by atoms with Crippen molar-refractivity contribution < 1.29 is 0 Å². The molecule has 6 rings (SSSR count). The molecule has 0 aliphatic carbocycles. The molecular weight excluding hydrogens is 510 g/mol. The van der Waals surface area contributed by atoms with Gasteiger partial charge in [-0.05, 0) is 85.1 Å². The second-order valence-corrected chi connectivity index (χ2v) is 11.4. The number of rotatable bonds is 5. The van der Waals surface area contributed by atoms with E-state index in [4.69, 9.17) is 28.8 Å². The number of anilines is 2. The molecule has 4 atom stereocenters. The Morgan fingerprint density at radius 2 is 1.66 bits per heavy atom. The maximum absolute atomic E-state index is 6.99. The number of nitrogens with zero attached hydrogens (tertiary/aromatic N) is 4. The fourth-order valence-corrected chi connectivity index (χ4v) is 6.79. The summed E-state index contributed by atoms with van der Waals surface area (Å²) in [4.78, 5) is 9.33. The van der Waals surface area contributed by atoms with Crippen LogP contribution in [0.15, 0.2) is 91.3 Å². The molecule has 38 heavy (non-hydrogen) atoms. The van der Waals surface area contributed by atoms with Crippen LogP contribution < -0.4 is 15.1 Å². The van der Waals surface area contributed by atoms with Crippen molar-refractivity contribution in [1.82, 2.24) is 14.9 Å². The van der Waals surface area contributed by atoms with Gasteiger partial charge in [0.05, 0.1) is 22.4 Å². The van der Waals surface area contributed by atoms with Gasteiger partial charge in [-0.1, -0.05) is 49.7 Å². The Morgan fingerprint density at radius 1 is 0.895 bits per heavy atom. The lowest BCUT2D eigenvalue weighted by Gasteiger charge is -2.37. The van der Waals surface area contributed by atoms with Crippen molar-refractivity contribution in [1.29, 1.82) is 0 Å². The molecule has 0 radical (unpaired) electrons. The van der Waals surface area contributed by atoms with Crippen molar-refractivity contribution in [2.45, 2.75) is 32.4 Å². The first-order chi connectivity index (χ1) is 18.5. The Bertz CT molecular complexity index is 1410. The van der Waals surface area contributed by atoms with Gasteiger partial charge in [0.15, 0.2) is 5.11 Å². The smallest absolute Gasteiger partial charge is 0.174 e. The third-order valence-corrected chi connectivity index (χ3v) is 8.25. The molecule has 4 heterocycles. The maximum atomic E-state index is 6.99. The summed E-state index contributed by atoms with van der Waals surface area (Å²) in [6, 6.07) is 26.8. The highest BCUT2D eigenvalue weighted by Crippen LogP contribution is 2.44. The first-order valence-corrected chi connectivity index (χ1v) is 14.1. The number of nitrogens with one attached hydrogen (secondary N) is 1. The largest absolute Gasteiger partial charge is 0.370 e. The summed E-state index contributed by atoms with van der Waals surface area (Å²) in [5, 5.41) is 4.99. The number of piperidine rings is 1. The average molecular weight is 542 g/mol. The van der Waals surface area contributed by atoms with E-state index >= 15 is 0 Å². The number of hydrogen-bond acceptors (Lipinski definition) is 3. The van der Waals surface area contributed by atoms with Gasteiger partial charge in [-0.25, -0.2) is 0 Å². The Hall–Kier alpha value is -3.35. The van der Waals surface area contributed by atoms with E-state index in [1.165, 1.54) is 6.42 Å². The zero-order valence-corrected chi connectivity index (χ0v) is 23.2. The van der Waals surface area contributed by atoms with Crippen molar-refractivity contribution in [3.05, 3.63) is 108 Å². The molecule has 0 saturated carbocycles. The Balaban J connectivity index is 1.42. The fourth-order valence-electron chi connectivity index (χ4n) is 6.15. The molecule has 2 fully saturated rings. The van der Waals surface area contributed by atoms with Gasteiger partial charge in [0.2, 0.25) is 0 Å². The van der Waals surface area contributed by atoms with Gasteiger partial charge < -0.3 is 19.7 Å². The van der Waals surface area contributed by atoms with Gasteiger partial charge in [0.1, 0.15) is 6.04 Å². The molecule has 2 aromatic heterocycles. The first-order valence-electron chi connectivity index (χ1n) is 13.3. The Labute approximate surface area is 235 Å². The van der Waals surface area contributed by atoms with Crippen LogP contribution in [0.4, 0.5) is 11.4 Å². The van der Waals surface area contributed by atoms with Crippen molar-refractivity contribution in [2.75, 3.05) is 22.9 Å². The van der Waals surface area contributed by atoms with Crippen molar-refractivity contribution in [3.8, 4) is 5.69 Å². The molecule has 4 aromatic rings. The molecule has 7 heteroatoms. The molecule has 0 unspecified atom stereocenters.